The van der Waals surface area contributed by atoms with Gasteiger partial charge in [-0.1, -0.05) is 6.07 Å². The lowest BCUT2D eigenvalue weighted by Gasteiger charge is -2.32. The second-order valence-electron chi connectivity index (χ2n) is 6.83. The van der Waals surface area contributed by atoms with Crippen LogP contribution in [0.25, 0.3) is 0 Å². The van der Waals surface area contributed by atoms with Crippen LogP contribution in [0.3, 0.4) is 0 Å². The van der Waals surface area contributed by atoms with E-state index >= 15 is 0 Å². The largest absolute Gasteiger partial charge is 0.486 e. The first-order valence-electron chi connectivity index (χ1n) is 9.27. The molecule has 1 aromatic heterocycles. The molecule has 7 nitrogen and oxygen atoms in total. The van der Waals surface area contributed by atoms with Gasteiger partial charge in [-0.3, -0.25) is 4.79 Å². The molecule has 0 atom stereocenters. The highest BCUT2D eigenvalue weighted by atomic mass is 16.6. The molecule has 2 aromatic rings. The predicted octanol–water partition coefficient (Wildman–Crippen LogP) is 2.55. The van der Waals surface area contributed by atoms with Crippen molar-refractivity contribution in [2.75, 3.05) is 26.3 Å². The molecular weight excluding hydrogens is 346 g/mol. The summed E-state index contributed by atoms with van der Waals surface area (Å²) in [5, 5.41) is 0. The molecule has 1 fully saturated rings. The highest BCUT2D eigenvalue weighted by molar-refractivity contribution is 5.98. The molecule has 3 heterocycles. The van der Waals surface area contributed by atoms with Crippen molar-refractivity contribution >= 4 is 5.91 Å². The van der Waals surface area contributed by atoms with Gasteiger partial charge in [0.2, 0.25) is 5.88 Å². The number of rotatable bonds is 3. The first-order valence-corrected chi connectivity index (χ1v) is 9.27. The van der Waals surface area contributed by atoms with Gasteiger partial charge in [0.15, 0.2) is 11.5 Å². The molecule has 2 aliphatic heterocycles. The van der Waals surface area contributed by atoms with E-state index in [9.17, 15) is 4.79 Å². The minimum absolute atomic E-state index is 0.0236. The van der Waals surface area contributed by atoms with Crippen LogP contribution < -0.4 is 14.2 Å². The number of ether oxygens (including phenoxy) is 3. The third kappa shape index (κ3) is 3.82. The minimum atomic E-state index is -0.0236. The molecule has 0 aliphatic carbocycles. The van der Waals surface area contributed by atoms with E-state index in [-0.39, 0.29) is 12.0 Å². The molecule has 0 radical (unpaired) electrons. The topological polar surface area (TPSA) is 73.8 Å². The van der Waals surface area contributed by atoms with Gasteiger partial charge in [0.25, 0.3) is 5.91 Å². The number of aryl methyl sites for hydroxylation is 2. The number of hydrogen-bond donors (Lipinski definition) is 0. The monoisotopic (exact) mass is 369 g/mol. The molecule has 0 N–H and O–H groups in total. The number of piperidine rings is 1. The van der Waals surface area contributed by atoms with Gasteiger partial charge in [0.1, 0.15) is 25.1 Å². The van der Waals surface area contributed by atoms with E-state index in [0.29, 0.717) is 55.1 Å². The van der Waals surface area contributed by atoms with Crippen molar-refractivity contribution in [3.8, 4) is 17.4 Å². The molecule has 27 heavy (non-hydrogen) atoms. The van der Waals surface area contributed by atoms with Crippen molar-refractivity contribution in [1.82, 2.24) is 14.9 Å². The van der Waals surface area contributed by atoms with Gasteiger partial charge < -0.3 is 19.1 Å². The molecule has 1 saturated heterocycles. The van der Waals surface area contributed by atoms with Gasteiger partial charge in [-0.2, -0.15) is 4.98 Å². The maximum absolute atomic E-state index is 13.0. The Kier molecular flexibility index (Phi) is 4.83. The molecule has 2 aliphatic rings. The summed E-state index contributed by atoms with van der Waals surface area (Å²) in [5.74, 6) is 2.48. The van der Waals surface area contributed by atoms with Crippen LogP contribution in [0, 0.1) is 13.8 Å². The van der Waals surface area contributed by atoms with E-state index in [4.69, 9.17) is 14.2 Å². The summed E-state index contributed by atoms with van der Waals surface area (Å²) in [5.41, 5.74) is 1.45. The van der Waals surface area contributed by atoms with Gasteiger partial charge in [-0.25, -0.2) is 4.98 Å². The Hall–Kier alpha value is -2.83. The fourth-order valence-electron chi connectivity index (χ4n) is 3.50. The van der Waals surface area contributed by atoms with E-state index in [2.05, 4.69) is 9.97 Å². The Morgan fingerprint density at radius 1 is 1.15 bits per heavy atom. The maximum Gasteiger partial charge on any atom is 0.257 e. The number of aromatic nitrogens is 2. The standard InChI is InChI=1S/C20H23N3O4/c1-13-12-18(22-14(2)21-13)27-15-6-8-23(9-7-15)20(24)16-4-3-5-17-19(16)26-11-10-25-17/h3-5,12,15H,6-11H2,1-2H3. The zero-order valence-electron chi connectivity index (χ0n) is 15.6. The van der Waals surface area contributed by atoms with Crippen molar-refractivity contribution < 1.29 is 19.0 Å². The van der Waals surface area contributed by atoms with E-state index in [0.717, 1.165) is 18.5 Å². The van der Waals surface area contributed by atoms with Crippen molar-refractivity contribution in [1.29, 1.82) is 0 Å². The summed E-state index contributed by atoms with van der Waals surface area (Å²) in [6, 6.07) is 7.30. The number of fused-ring (bicyclic) bond motifs is 1. The lowest BCUT2D eigenvalue weighted by molar-refractivity contribution is 0.0579. The normalized spacial score (nSPS) is 16.9. The lowest BCUT2D eigenvalue weighted by Crippen LogP contribution is -2.42. The van der Waals surface area contributed by atoms with E-state index in [1.165, 1.54) is 0 Å². The van der Waals surface area contributed by atoms with Crippen molar-refractivity contribution in [2.24, 2.45) is 0 Å². The van der Waals surface area contributed by atoms with Gasteiger partial charge >= 0.3 is 0 Å². The van der Waals surface area contributed by atoms with Crippen molar-refractivity contribution in [2.45, 2.75) is 32.8 Å². The van der Waals surface area contributed by atoms with Crippen LogP contribution in [0.15, 0.2) is 24.3 Å². The van der Waals surface area contributed by atoms with Crippen molar-refractivity contribution in [3.63, 3.8) is 0 Å². The van der Waals surface area contributed by atoms with Crippen LogP contribution >= 0.6 is 0 Å². The summed E-state index contributed by atoms with van der Waals surface area (Å²) >= 11 is 0. The van der Waals surface area contributed by atoms with E-state index in [1.54, 1.807) is 6.07 Å². The summed E-state index contributed by atoms with van der Waals surface area (Å²) < 4.78 is 17.3. The predicted molar refractivity (Wildman–Crippen MR) is 98.5 cm³/mol. The lowest BCUT2D eigenvalue weighted by atomic mass is 10.1. The highest BCUT2D eigenvalue weighted by Gasteiger charge is 2.28. The molecule has 1 amide bonds. The number of hydrogen-bond acceptors (Lipinski definition) is 6. The second-order valence-corrected chi connectivity index (χ2v) is 6.83. The van der Waals surface area contributed by atoms with Crippen LogP contribution in [0.4, 0.5) is 0 Å². The number of likely N-dealkylation sites (tertiary alicyclic amines) is 1. The highest BCUT2D eigenvalue weighted by Crippen LogP contribution is 2.34. The van der Waals surface area contributed by atoms with Crippen LogP contribution in [-0.2, 0) is 0 Å². The molecule has 4 rings (SSSR count). The molecule has 1 aromatic carbocycles. The van der Waals surface area contributed by atoms with E-state index < -0.39 is 0 Å². The minimum Gasteiger partial charge on any atom is -0.486 e. The summed E-state index contributed by atoms with van der Waals surface area (Å²) in [7, 11) is 0. The van der Waals surface area contributed by atoms with Gasteiger partial charge in [0.05, 0.1) is 5.56 Å². The Morgan fingerprint density at radius 2 is 1.93 bits per heavy atom. The quantitative estimate of drug-likeness (QED) is 0.828. The number of benzene rings is 1. The third-order valence-electron chi connectivity index (χ3n) is 4.76. The Labute approximate surface area is 158 Å². The summed E-state index contributed by atoms with van der Waals surface area (Å²) in [4.78, 5) is 23.4. The van der Waals surface area contributed by atoms with Crippen molar-refractivity contribution in [3.05, 3.63) is 41.3 Å². The molecule has 0 unspecified atom stereocenters. The first kappa shape index (κ1) is 17.6. The van der Waals surface area contributed by atoms with Crippen LogP contribution in [-0.4, -0.2) is 53.2 Å². The molecule has 142 valence electrons. The molecule has 7 heteroatoms. The first-order chi connectivity index (χ1) is 13.1. The number of carbonyl (C=O) groups excluding carboxylic acids is 1. The zero-order valence-corrected chi connectivity index (χ0v) is 15.6. The number of carbonyl (C=O) groups is 1. The summed E-state index contributed by atoms with van der Waals surface area (Å²) in [6.45, 7) is 6.02. The summed E-state index contributed by atoms with van der Waals surface area (Å²) in [6.07, 6.45) is 1.58. The van der Waals surface area contributed by atoms with Gasteiger partial charge in [0, 0.05) is 37.7 Å². The number of para-hydroxylation sites is 1. The average Bonchev–Trinajstić information content (AvgIpc) is 2.67. The third-order valence-corrected chi connectivity index (χ3v) is 4.76. The Morgan fingerprint density at radius 3 is 2.70 bits per heavy atom. The zero-order chi connectivity index (χ0) is 18.8. The second kappa shape index (κ2) is 7.42. The maximum atomic E-state index is 13.0. The van der Waals surface area contributed by atoms with Gasteiger partial charge in [-0.15, -0.1) is 0 Å². The fourth-order valence-corrected chi connectivity index (χ4v) is 3.50. The molecule has 0 spiro atoms. The number of nitrogens with zero attached hydrogens (tertiary/aromatic N) is 3. The SMILES string of the molecule is Cc1cc(OC2CCN(C(=O)c3cccc4c3OCCO4)CC2)nc(C)n1. The van der Waals surface area contributed by atoms with Gasteiger partial charge in [-0.05, 0) is 26.0 Å². The molecule has 0 bridgehead atoms. The molecular formula is C20H23N3O4. The fraction of sp³-hybridized carbons (Fsp3) is 0.450. The van der Waals surface area contributed by atoms with E-state index in [1.807, 2.05) is 36.9 Å². The van der Waals surface area contributed by atoms with Crippen LogP contribution in [0.5, 0.6) is 17.4 Å². The average molecular weight is 369 g/mol. The number of amides is 1. The Bertz CT molecular complexity index is 827. The van der Waals surface area contributed by atoms with Crippen LogP contribution in [0.1, 0.15) is 34.7 Å². The smallest absolute Gasteiger partial charge is 0.257 e. The molecule has 0 saturated carbocycles. The Balaban J connectivity index is 1.40. The van der Waals surface area contributed by atoms with Crippen LogP contribution in [0.2, 0.25) is 0 Å².